The SMILES string of the molecule is O=C(Cn1cccnc1=O)NC1CCCN(c2ccccn2)C1. The number of aromatic nitrogens is 3. The molecule has 2 aromatic heterocycles. The summed E-state index contributed by atoms with van der Waals surface area (Å²) in [5.41, 5.74) is -0.415. The lowest BCUT2D eigenvalue weighted by atomic mass is 10.1. The van der Waals surface area contributed by atoms with E-state index in [1.54, 1.807) is 18.5 Å². The molecular formula is C16H19N5O2. The molecule has 1 unspecified atom stereocenters. The lowest BCUT2D eigenvalue weighted by molar-refractivity contribution is -0.122. The number of nitrogens with zero attached hydrogens (tertiary/aromatic N) is 4. The number of nitrogens with one attached hydrogen (secondary N) is 1. The Kier molecular flexibility index (Phi) is 4.65. The molecule has 2 aromatic rings. The zero-order chi connectivity index (χ0) is 16.1. The third-order valence-electron chi connectivity index (χ3n) is 3.86. The highest BCUT2D eigenvalue weighted by Gasteiger charge is 2.22. The summed E-state index contributed by atoms with van der Waals surface area (Å²) in [5.74, 6) is 0.753. The van der Waals surface area contributed by atoms with Crippen molar-refractivity contribution in [2.75, 3.05) is 18.0 Å². The number of carbonyl (C=O) groups is 1. The molecule has 1 N–H and O–H groups in total. The summed E-state index contributed by atoms with van der Waals surface area (Å²) in [6, 6.07) is 7.51. The predicted octanol–water partition coefficient (Wildman–Crippen LogP) is 0.423. The molecule has 7 nitrogen and oxygen atoms in total. The van der Waals surface area contributed by atoms with Gasteiger partial charge in [-0.15, -0.1) is 0 Å². The summed E-state index contributed by atoms with van der Waals surface area (Å²) >= 11 is 0. The molecular weight excluding hydrogens is 294 g/mol. The fourth-order valence-electron chi connectivity index (χ4n) is 2.78. The van der Waals surface area contributed by atoms with Crippen LogP contribution in [0.15, 0.2) is 47.7 Å². The Morgan fingerprint density at radius 1 is 1.26 bits per heavy atom. The van der Waals surface area contributed by atoms with Crippen LogP contribution in [0.3, 0.4) is 0 Å². The molecule has 1 fully saturated rings. The number of amides is 1. The van der Waals surface area contributed by atoms with E-state index in [1.165, 1.54) is 10.8 Å². The number of rotatable bonds is 4. The summed E-state index contributed by atoms with van der Waals surface area (Å²) in [5, 5.41) is 3.00. The van der Waals surface area contributed by atoms with Crippen molar-refractivity contribution < 1.29 is 4.79 Å². The largest absolute Gasteiger partial charge is 0.355 e. The van der Waals surface area contributed by atoms with E-state index in [0.717, 1.165) is 31.7 Å². The number of anilines is 1. The lowest BCUT2D eigenvalue weighted by Gasteiger charge is -2.34. The molecule has 7 heteroatoms. The molecule has 1 aliphatic heterocycles. The summed E-state index contributed by atoms with van der Waals surface area (Å²) in [7, 11) is 0. The first kappa shape index (κ1) is 15.2. The molecule has 0 radical (unpaired) electrons. The fraction of sp³-hybridized carbons (Fsp3) is 0.375. The smallest absolute Gasteiger partial charge is 0.347 e. The molecule has 1 amide bonds. The minimum Gasteiger partial charge on any atom is -0.355 e. The molecule has 23 heavy (non-hydrogen) atoms. The standard InChI is InChI=1S/C16H19N5O2/c22-15(12-21-10-4-8-18-16(21)23)19-13-5-3-9-20(11-13)14-6-1-2-7-17-14/h1-2,4,6-8,10,13H,3,5,9,11-12H2,(H,19,22). The zero-order valence-electron chi connectivity index (χ0n) is 12.8. The van der Waals surface area contributed by atoms with Crippen molar-refractivity contribution in [3.8, 4) is 0 Å². The Bertz CT molecular complexity index is 716. The number of hydrogen-bond donors (Lipinski definition) is 1. The maximum absolute atomic E-state index is 12.1. The van der Waals surface area contributed by atoms with Crippen LogP contribution in [0.5, 0.6) is 0 Å². The highest BCUT2D eigenvalue weighted by molar-refractivity contribution is 5.76. The zero-order valence-corrected chi connectivity index (χ0v) is 12.8. The average molecular weight is 313 g/mol. The van der Waals surface area contributed by atoms with Gasteiger partial charge in [0.05, 0.1) is 0 Å². The van der Waals surface area contributed by atoms with Crippen molar-refractivity contribution in [2.45, 2.75) is 25.4 Å². The van der Waals surface area contributed by atoms with E-state index in [9.17, 15) is 9.59 Å². The van der Waals surface area contributed by atoms with Crippen LogP contribution in [0, 0.1) is 0 Å². The van der Waals surface area contributed by atoms with E-state index in [0.29, 0.717) is 0 Å². The van der Waals surface area contributed by atoms with Crippen LogP contribution in [0.4, 0.5) is 5.82 Å². The molecule has 1 saturated heterocycles. The minimum absolute atomic E-state index is 0.00718. The van der Waals surface area contributed by atoms with Gasteiger partial charge in [-0.25, -0.2) is 14.8 Å². The molecule has 0 saturated carbocycles. The van der Waals surface area contributed by atoms with Crippen molar-refractivity contribution in [2.24, 2.45) is 0 Å². The number of carbonyl (C=O) groups excluding carboxylic acids is 1. The van der Waals surface area contributed by atoms with Gasteiger partial charge in [0.25, 0.3) is 0 Å². The van der Waals surface area contributed by atoms with Crippen LogP contribution in [0.2, 0.25) is 0 Å². The van der Waals surface area contributed by atoms with E-state index in [-0.39, 0.29) is 18.5 Å². The Hall–Kier alpha value is -2.70. The second-order valence-corrected chi connectivity index (χ2v) is 5.57. The molecule has 120 valence electrons. The molecule has 0 spiro atoms. The first-order valence-corrected chi connectivity index (χ1v) is 7.69. The van der Waals surface area contributed by atoms with E-state index < -0.39 is 5.69 Å². The molecule has 0 bridgehead atoms. The van der Waals surface area contributed by atoms with Crippen molar-refractivity contribution in [3.63, 3.8) is 0 Å². The Morgan fingerprint density at radius 2 is 2.13 bits per heavy atom. The van der Waals surface area contributed by atoms with Gasteiger partial charge >= 0.3 is 5.69 Å². The average Bonchev–Trinajstić information content (AvgIpc) is 2.58. The van der Waals surface area contributed by atoms with Gasteiger partial charge in [0.15, 0.2) is 0 Å². The number of piperidine rings is 1. The van der Waals surface area contributed by atoms with Crippen LogP contribution < -0.4 is 15.9 Å². The Morgan fingerprint density at radius 3 is 2.91 bits per heavy atom. The van der Waals surface area contributed by atoms with Gasteiger partial charge in [-0.1, -0.05) is 6.07 Å². The van der Waals surface area contributed by atoms with E-state index in [4.69, 9.17) is 0 Å². The maximum atomic E-state index is 12.1. The third kappa shape index (κ3) is 3.94. The fourth-order valence-corrected chi connectivity index (χ4v) is 2.78. The predicted molar refractivity (Wildman–Crippen MR) is 86.1 cm³/mol. The van der Waals surface area contributed by atoms with Gasteiger partial charge in [-0.05, 0) is 31.0 Å². The molecule has 1 atom stereocenters. The summed E-state index contributed by atoms with van der Waals surface area (Å²) in [4.78, 5) is 33.9. The first-order valence-electron chi connectivity index (χ1n) is 7.69. The van der Waals surface area contributed by atoms with Gasteiger partial charge < -0.3 is 10.2 Å². The van der Waals surface area contributed by atoms with Crippen LogP contribution in [-0.4, -0.2) is 39.6 Å². The molecule has 3 heterocycles. The van der Waals surface area contributed by atoms with Crippen LogP contribution in [0.25, 0.3) is 0 Å². The van der Waals surface area contributed by atoms with Gasteiger partial charge in [-0.2, -0.15) is 0 Å². The summed E-state index contributed by atoms with van der Waals surface area (Å²) < 4.78 is 1.30. The summed E-state index contributed by atoms with van der Waals surface area (Å²) in [6.45, 7) is 1.66. The van der Waals surface area contributed by atoms with Gasteiger partial charge in [0.1, 0.15) is 12.4 Å². The maximum Gasteiger partial charge on any atom is 0.347 e. The second-order valence-electron chi connectivity index (χ2n) is 5.57. The van der Waals surface area contributed by atoms with Crippen molar-refractivity contribution >= 4 is 11.7 Å². The van der Waals surface area contributed by atoms with Crippen LogP contribution >= 0.6 is 0 Å². The molecule has 3 rings (SSSR count). The quantitative estimate of drug-likeness (QED) is 0.885. The Labute approximate surface area is 134 Å². The van der Waals surface area contributed by atoms with Gasteiger partial charge in [-0.3, -0.25) is 9.36 Å². The minimum atomic E-state index is -0.415. The van der Waals surface area contributed by atoms with Crippen molar-refractivity contribution in [1.29, 1.82) is 0 Å². The molecule has 0 aromatic carbocycles. The first-order chi connectivity index (χ1) is 11.2. The van der Waals surface area contributed by atoms with Gasteiger partial charge in [0.2, 0.25) is 5.91 Å². The number of hydrogen-bond acceptors (Lipinski definition) is 5. The highest BCUT2D eigenvalue weighted by atomic mass is 16.2. The van der Waals surface area contributed by atoms with E-state index in [2.05, 4.69) is 20.2 Å². The lowest BCUT2D eigenvalue weighted by Crippen LogP contribution is -2.49. The highest BCUT2D eigenvalue weighted by Crippen LogP contribution is 2.17. The summed E-state index contributed by atoms with van der Waals surface area (Å²) in [6.07, 6.45) is 6.68. The molecule has 0 aliphatic carbocycles. The normalized spacial score (nSPS) is 17.7. The third-order valence-corrected chi connectivity index (χ3v) is 3.86. The van der Waals surface area contributed by atoms with Gasteiger partial charge in [0, 0.05) is 37.7 Å². The second kappa shape index (κ2) is 7.04. The number of pyridine rings is 1. The molecule has 1 aliphatic rings. The van der Waals surface area contributed by atoms with Crippen LogP contribution in [-0.2, 0) is 11.3 Å². The monoisotopic (exact) mass is 313 g/mol. The van der Waals surface area contributed by atoms with Crippen LogP contribution in [0.1, 0.15) is 12.8 Å². The van der Waals surface area contributed by atoms with E-state index >= 15 is 0 Å². The topological polar surface area (TPSA) is 80.1 Å². The van der Waals surface area contributed by atoms with Crippen molar-refractivity contribution in [3.05, 3.63) is 53.3 Å². The Balaban J connectivity index is 1.58. The van der Waals surface area contributed by atoms with Crippen molar-refractivity contribution in [1.82, 2.24) is 19.9 Å². The van der Waals surface area contributed by atoms with E-state index in [1.807, 2.05) is 18.2 Å².